The van der Waals surface area contributed by atoms with Gasteiger partial charge >= 0.3 is 30.0 Å². The lowest BCUT2D eigenvalue weighted by Gasteiger charge is -2.45. The van der Waals surface area contributed by atoms with Crippen molar-refractivity contribution >= 4 is 65.4 Å². The first kappa shape index (κ1) is 61.0. The first-order valence-corrected chi connectivity index (χ1v) is 22.9. The van der Waals surface area contributed by atoms with Crippen molar-refractivity contribution in [2.45, 2.75) is 155 Å². The van der Waals surface area contributed by atoms with Crippen LogP contribution in [-0.2, 0) is 82.8 Å². The Hall–Kier alpha value is -7.09. The Morgan fingerprint density at radius 3 is 1.83 bits per heavy atom. The highest BCUT2D eigenvalue weighted by Crippen LogP contribution is 2.27. The van der Waals surface area contributed by atoms with Crippen molar-refractivity contribution in [2.24, 2.45) is 5.92 Å². The minimum absolute atomic E-state index is 0.0603. The van der Waals surface area contributed by atoms with Gasteiger partial charge < -0.3 is 75.9 Å². The number of hydrogen-bond acceptors (Lipinski definition) is 19. The van der Waals surface area contributed by atoms with Crippen LogP contribution in [0.1, 0.15) is 87.6 Å². The molecule has 72 heavy (non-hydrogen) atoms. The molecule has 0 radical (unpaired) electrons. The van der Waals surface area contributed by atoms with Gasteiger partial charge in [0.1, 0.15) is 48.2 Å². The summed E-state index contributed by atoms with van der Waals surface area (Å²) in [6.07, 6.45) is -7.25. The molecule has 402 valence electrons. The van der Waals surface area contributed by atoms with E-state index in [0.29, 0.717) is 5.56 Å². The van der Waals surface area contributed by atoms with Gasteiger partial charge in [0.2, 0.25) is 35.4 Å². The molecular weight excluding hydrogens is 955 g/mol. The van der Waals surface area contributed by atoms with Crippen LogP contribution in [-0.4, -0.2) is 169 Å². The van der Waals surface area contributed by atoms with Crippen molar-refractivity contribution in [3.05, 3.63) is 29.8 Å². The molecule has 1 aliphatic rings. The Bertz CT molecular complexity index is 2100. The predicted octanol–water partition coefficient (Wildman–Crippen LogP) is -1.80. The van der Waals surface area contributed by atoms with E-state index in [4.69, 9.17) is 23.7 Å². The van der Waals surface area contributed by atoms with Gasteiger partial charge in [0.25, 0.3) is 0 Å². The quantitative estimate of drug-likeness (QED) is 0.0408. The van der Waals surface area contributed by atoms with Crippen molar-refractivity contribution in [3.8, 4) is 5.75 Å². The number of aliphatic hydroxyl groups is 1. The van der Waals surface area contributed by atoms with E-state index in [-0.39, 0.29) is 18.6 Å². The van der Waals surface area contributed by atoms with Crippen molar-refractivity contribution in [1.82, 2.24) is 37.2 Å². The standard InChI is InChI=1S/C46H69N7O19/c1-12-22(2)36(53-42(63)30(52-45(66)72-46(8,9)10)17-28-13-15-29(59)16-14-28)43(64)50-31(41(62)48-23(3)40(61)51-32(20-54)44(65)67-11)18-35(60)47-19-33-37(49-24(4)55)39(70-27(7)58)38(69-26(6)57)34(71-33)21-68-25(5)56/h13-16,22-23,30-34,36-39,54,59H,12,17-21H2,1-11H3,(H,47,60)(H,48,62)(H,49,55)(H,50,64)(H,51,61)(H,52,66)(H,53,63)/t22-,23-,30-,31-,32-,33-,34+,36-,37-,38+,39+/m0/s1. The first-order valence-electron chi connectivity index (χ1n) is 22.9. The van der Waals surface area contributed by atoms with Crippen LogP contribution < -0.4 is 37.2 Å². The van der Waals surface area contributed by atoms with Gasteiger partial charge in [0.15, 0.2) is 18.2 Å². The number of aromatic hydroxyl groups is 1. The number of phenolic OH excluding ortho intramolecular Hbond substituents is 1. The summed E-state index contributed by atoms with van der Waals surface area (Å²) in [7, 11) is 1.02. The fraction of sp³-hybridized carbons (Fsp3) is 0.630. The molecule has 0 aliphatic carbocycles. The van der Waals surface area contributed by atoms with Crippen molar-refractivity contribution in [2.75, 3.05) is 26.9 Å². The molecule has 2 rings (SSSR count). The van der Waals surface area contributed by atoms with Crippen molar-refractivity contribution in [1.29, 1.82) is 0 Å². The largest absolute Gasteiger partial charge is 0.508 e. The van der Waals surface area contributed by atoms with Gasteiger partial charge in [0, 0.05) is 40.7 Å². The Morgan fingerprint density at radius 2 is 1.31 bits per heavy atom. The van der Waals surface area contributed by atoms with Crippen molar-refractivity contribution < 1.29 is 91.4 Å². The number of phenols is 1. The van der Waals surface area contributed by atoms with E-state index in [0.717, 1.165) is 34.8 Å². The number of esters is 4. The molecule has 1 aliphatic heterocycles. The molecule has 7 amide bonds. The van der Waals surface area contributed by atoms with Crippen LogP contribution in [0.25, 0.3) is 0 Å². The van der Waals surface area contributed by atoms with E-state index in [1.807, 2.05) is 0 Å². The smallest absolute Gasteiger partial charge is 0.408 e. The highest BCUT2D eigenvalue weighted by Gasteiger charge is 2.51. The Balaban J connectivity index is 2.57. The lowest BCUT2D eigenvalue weighted by Crippen LogP contribution is -2.67. The fourth-order valence-electron chi connectivity index (χ4n) is 7.02. The topological polar surface area (TPSA) is 368 Å². The van der Waals surface area contributed by atoms with Crippen LogP contribution in [0, 0.1) is 5.92 Å². The number of amides is 7. The molecule has 11 atom stereocenters. The molecule has 0 spiro atoms. The zero-order valence-corrected chi connectivity index (χ0v) is 42.2. The number of methoxy groups -OCH3 is 1. The summed E-state index contributed by atoms with van der Waals surface area (Å²) in [6.45, 7) is 11.7. The van der Waals surface area contributed by atoms with E-state index in [1.54, 1.807) is 34.6 Å². The van der Waals surface area contributed by atoms with Crippen LogP contribution in [0.5, 0.6) is 5.75 Å². The molecule has 26 nitrogen and oxygen atoms in total. The number of carbonyl (C=O) groups is 11. The fourth-order valence-corrected chi connectivity index (χ4v) is 7.02. The average molecular weight is 1020 g/mol. The minimum atomic E-state index is -1.84. The molecule has 1 aromatic carbocycles. The minimum Gasteiger partial charge on any atom is -0.508 e. The number of aliphatic hydroxyl groups excluding tert-OH is 1. The predicted molar refractivity (Wildman–Crippen MR) is 249 cm³/mol. The lowest BCUT2D eigenvalue weighted by molar-refractivity contribution is -0.222. The normalized spacial score (nSPS) is 19.9. The van der Waals surface area contributed by atoms with Gasteiger partial charge in [-0.05, 0) is 51.3 Å². The highest BCUT2D eigenvalue weighted by atomic mass is 16.6. The van der Waals surface area contributed by atoms with Crippen LogP contribution >= 0.6 is 0 Å². The van der Waals surface area contributed by atoms with Gasteiger partial charge in [-0.3, -0.25) is 43.2 Å². The molecule has 1 saturated heterocycles. The van der Waals surface area contributed by atoms with E-state index in [2.05, 4.69) is 42.0 Å². The van der Waals surface area contributed by atoms with Gasteiger partial charge in [-0.15, -0.1) is 0 Å². The second-order valence-electron chi connectivity index (χ2n) is 17.9. The third-order valence-electron chi connectivity index (χ3n) is 10.7. The van der Waals surface area contributed by atoms with E-state index in [9.17, 15) is 63.0 Å². The van der Waals surface area contributed by atoms with E-state index in [1.165, 1.54) is 31.2 Å². The molecule has 1 aromatic rings. The molecule has 0 bridgehead atoms. The summed E-state index contributed by atoms with van der Waals surface area (Å²) < 4.78 is 32.1. The molecule has 0 unspecified atom stereocenters. The third-order valence-corrected chi connectivity index (χ3v) is 10.7. The summed E-state index contributed by atoms with van der Waals surface area (Å²) in [6, 6.07) is -3.19. The number of alkyl carbamates (subject to hydrolysis) is 1. The Kier molecular flexibility index (Phi) is 24.3. The van der Waals surface area contributed by atoms with E-state index >= 15 is 0 Å². The average Bonchev–Trinajstić information content (AvgIpc) is 3.28. The van der Waals surface area contributed by atoms with Crippen LogP contribution in [0.15, 0.2) is 24.3 Å². The zero-order chi connectivity index (χ0) is 54.6. The third kappa shape index (κ3) is 20.7. The summed E-state index contributed by atoms with van der Waals surface area (Å²) in [5, 5.41) is 36.7. The molecular formula is C46H69N7O19. The molecule has 1 fully saturated rings. The number of hydrogen-bond donors (Lipinski definition) is 9. The van der Waals surface area contributed by atoms with Crippen LogP contribution in [0.4, 0.5) is 4.79 Å². The maximum Gasteiger partial charge on any atom is 0.408 e. The maximum absolute atomic E-state index is 14.3. The van der Waals surface area contributed by atoms with Gasteiger partial charge in [0.05, 0.1) is 32.3 Å². The number of rotatable bonds is 24. The molecule has 26 heteroatoms. The highest BCUT2D eigenvalue weighted by molar-refractivity contribution is 5.97. The number of nitrogens with one attached hydrogen (secondary N) is 7. The second kappa shape index (κ2) is 28.7. The van der Waals surface area contributed by atoms with E-state index < -0.39 is 164 Å². The molecule has 0 aromatic heterocycles. The monoisotopic (exact) mass is 1020 g/mol. The Morgan fingerprint density at radius 1 is 0.722 bits per heavy atom. The zero-order valence-electron chi connectivity index (χ0n) is 42.2. The van der Waals surface area contributed by atoms with Gasteiger partial charge in [-0.25, -0.2) is 9.59 Å². The number of ether oxygens (including phenoxy) is 6. The molecule has 9 N–H and O–H groups in total. The summed E-state index contributed by atoms with van der Waals surface area (Å²) in [5.41, 5.74) is -0.463. The first-order chi connectivity index (χ1) is 33.6. The summed E-state index contributed by atoms with van der Waals surface area (Å²) in [4.78, 5) is 143. The van der Waals surface area contributed by atoms with Gasteiger partial charge in [-0.2, -0.15) is 0 Å². The maximum atomic E-state index is 14.3. The van der Waals surface area contributed by atoms with Crippen LogP contribution in [0.2, 0.25) is 0 Å². The Labute approximate surface area is 416 Å². The van der Waals surface area contributed by atoms with Crippen molar-refractivity contribution in [3.63, 3.8) is 0 Å². The summed E-state index contributed by atoms with van der Waals surface area (Å²) in [5.74, 6) is -9.81. The van der Waals surface area contributed by atoms with Crippen LogP contribution in [0.3, 0.4) is 0 Å². The van der Waals surface area contributed by atoms with Gasteiger partial charge in [-0.1, -0.05) is 32.4 Å². The number of benzene rings is 1. The number of carbonyl (C=O) groups excluding carboxylic acids is 11. The summed E-state index contributed by atoms with van der Waals surface area (Å²) >= 11 is 0. The lowest BCUT2D eigenvalue weighted by atomic mass is 9.91. The second-order valence-corrected chi connectivity index (χ2v) is 17.9. The molecule has 1 heterocycles. The SMILES string of the molecule is CC[C@H](C)[C@H](NC(=O)[C@H](Cc1ccc(O)cc1)NC(=O)OC(C)(C)C)C(=O)N[C@@H](CC(=O)NC[C@@H]1O[C@H](COC(C)=O)[C@@H](OC(C)=O)[C@H](OC(C)=O)[C@H]1NC(C)=O)C(=O)N[C@@H](C)C(=O)N[C@@H](CO)C(=O)OC. The molecule has 0 saturated carbocycles.